The first kappa shape index (κ1) is 19.7. The number of rotatable bonds is 7. The highest BCUT2D eigenvalue weighted by Gasteiger charge is 2.13. The molecule has 0 spiro atoms. The van der Waals surface area contributed by atoms with Gasteiger partial charge in [0.1, 0.15) is 18.1 Å². The van der Waals surface area contributed by atoms with Crippen LogP contribution in [0.25, 0.3) is 22.7 Å². The lowest BCUT2D eigenvalue weighted by atomic mass is 10.1. The van der Waals surface area contributed by atoms with E-state index in [1.165, 1.54) is 17.1 Å². The predicted molar refractivity (Wildman–Crippen MR) is 110 cm³/mol. The molecule has 2 N–H and O–H groups in total. The maximum absolute atomic E-state index is 12.0. The topological polar surface area (TPSA) is 136 Å². The van der Waals surface area contributed by atoms with Crippen molar-refractivity contribution < 1.29 is 19.1 Å². The van der Waals surface area contributed by atoms with Crippen molar-refractivity contribution in [3.05, 3.63) is 78.1 Å². The Bertz CT molecular complexity index is 1250. The van der Waals surface area contributed by atoms with E-state index in [9.17, 15) is 14.7 Å². The number of nitrogens with zero attached hydrogens (tertiary/aromatic N) is 5. The summed E-state index contributed by atoms with van der Waals surface area (Å²) in [5.41, 5.74) is 3.73. The van der Waals surface area contributed by atoms with Crippen molar-refractivity contribution in [2.24, 2.45) is 5.10 Å². The number of carboxylic acid groups (broad SMARTS) is 1. The zero-order valence-corrected chi connectivity index (χ0v) is 16.0. The summed E-state index contributed by atoms with van der Waals surface area (Å²) in [6.07, 6.45) is 1.31. The number of aromatic nitrogens is 4. The van der Waals surface area contributed by atoms with E-state index in [2.05, 4.69) is 25.9 Å². The van der Waals surface area contributed by atoms with Gasteiger partial charge in [-0.3, -0.25) is 4.79 Å². The van der Waals surface area contributed by atoms with Gasteiger partial charge in [0.2, 0.25) is 5.82 Å². The Morgan fingerprint density at radius 1 is 1.06 bits per heavy atom. The highest BCUT2D eigenvalue weighted by molar-refractivity contribution is 5.95. The average molecular weight is 416 g/mol. The number of hydrogen-bond donors (Lipinski definition) is 2. The van der Waals surface area contributed by atoms with Crippen molar-refractivity contribution in [2.75, 3.05) is 0 Å². The SMILES string of the molecule is O=C(Cn1nnc(-c2ccccc2)n1)NN=Cc1ccc(-c2ccccc2C(=O)O)o1. The number of carboxylic acids is 1. The summed E-state index contributed by atoms with van der Waals surface area (Å²) < 4.78 is 5.61. The molecule has 0 aliphatic heterocycles. The lowest BCUT2D eigenvalue weighted by molar-refractivity contribution is -0.122. The molecular formula is C21H16N6O4. The van der Waals surface area contributed by atoms with E-state index in [1.54, 1.807) is 30.3 Å². The summed E-state index contributed by atoms with van der Waals surface area (Å²) >= 11 is 0. The van der Waals surface area contributed by atoms with Crippen molar-refractivity contribution in [1.29, 1.82) is 0 Å². The second-order valence-corrected chi connectivity index (χ2v) is 6.36. The van der Waals surface area contributed by atoms with E-state index >= 15 is 0 Å². The van der Waals surface area contributed by atoms with E-state index in [1.807, 2.05) is 30.3 Å². The Kier molecular flexibility index (Phi) is 5.61. The largest absolute Gasteiger partial charge is 0.478 e. The third kappa shape index (κ3) is 4.70. The van der Waals surface area contributed by atoms with Crippen LogP contribution in [0.4, 0.5) is 0 Å². The second-order valence-electron chi connectivity index (χ2n) is 6.36. The Morgan fingerprint density at radius 3 is 2.65 bits per heavy atom. The van der Waals surface area contributed by atoms with Crippen LogP contribution in [0.2, 0.25) is 0 Å². The number of carbonyl (C=O) groups excluding carboxylic acids is 1. The molecule has 10 nitrogen and oxygen atoms in total. The molecule has 0 fully saturated rings. The zero-order valence-electron chi connectivity index (χ0n) is 16.0. The van der Waals surface area contributed by atoms with Crippen LogP contribution in [0.1, 0.15) is 16.1 Å². The van der Waals surface area contributed by atoms with Gasteiger partial charge in [0.15, 0.2) is 0 Å². The first-order chi connectivity index (χ1) is 15.1. The molecule has 31 heavy (non-hydrogen) atoms. The van der Waals surface area contributed by atoms with Crippen molar-refractivity contribution in [1.82, 2.24) is 25.6 Å². The number of carbonyl (C=O) groups is 2. The fourth-order valence-corrected chi connectivity index (χ4v) is 2.80. The van der Waals surface area contributed by atoms with Gasteiger partial charge in [-0.1, -0.05) is 48.5 Å². The first-order valence-electron chi connectivity index (χ1n) is 9.18. The summed E-state index contributed by atoms with van der Waals surface area (Å²) in [5, 5.41) is 25.1. The van der Waals surface area contributed by atoms with Gasteiger partial charge in [-0.25, -0.2) is 10.2 Å². The molecule has 10 heteroatoms. The van der Waals surface area contributed by atoms with Crippen LogP contribution in [0.3, 0.4) is 0 Å². The molecule has 0 atom stereocenters. The Labute approximate surface area is 175 Å². The number of nitrogens with one attached hydrogen (secondary N) is 1. The fourth-order valence-electron chi connectivity index (χ4n) is 2.80. The summed E-state index contributed by atoms with van der Waals surface area (Å²) in [7, 11) is 0. The minimum atomic E-state index is -1.05. The summed E-state index contributed by atoms with van der Waals surface area (Å²) in [4.78, 5) is 24.6. The monoisotopic (exact) mass is 416 g/mol. The van der Waals surface area contributed by atoms with E-state index < -0.39 is 11.9 Å². The van der Waals surface area contributed by atoms with Crippen LogP contribution in [0.15, 0.2) is 76.2 Å². The Balaban J connectivity index is 1.36. The summed E-state index contributed by atoms with van der Waals surface area (Å²) in [6, 6.07) is 19.1. The van der Waals surface area contributed by atoms with E-state index in [0.717, 1.165) is 5.56 Å². The Morgan fingerprint density at radius 2 is 1.84 bits per heavy atom. The normalized spacial score (nSPS) is 11.0. The van der Waals surface area contributed by atoms with E-state index in [4.69, 9.17) is 4.42 Å². The minimum absolute atomic E-state index is 0.129. The predicted octanol–water partition coefficient (Wildman–Crippen LogP) is 2.45. The van der Waals surface area contributed by atoms with Crippen LogP contribution in [0, 0.1) is 0 Å². The van der Waals surface area contributed by atoms with Gasteiger partial charge in [0, 0.05) is 11.1 Å². The molecule has 1 amide bonds. The third-order valence-electron chi connectivity index (χ3n) is 4.20. The molecule has 0 saturated carbocycles. The van der Waals surface area contributed by atoms with Crippen LogP contribution >= 0.6 is 0 Å². The van der Waals surface area contributed by atoms with Gasteiger partial charge in [-0.15, -0.1) is 10.2 Å². The van der Waals surface area contributed by atoms with Crippen molar-refractivity contribution >= 4 is 18.1 Å². The molecule has 2 aromatic heterocycles. The molecule has 4 rings (SSSR count). The van der Waals surface area contributed by atoms with E-state index in [-0.39, 0.29) is 12.1 Å². The maximum Gasteiger partial charge on any atom is 0.336 e. The van der Waals surface area contributed by atoms with Gasteiger partial charge < -0.3 is 9.52 Å². The first-order valence-corrected chi connectivity index (χ1v) is 9.18. The molecule has 2 aromatic carbocycles. The quantitative estimate of drug-likeness (QED) is 0.349. The molecule has 4 aromatic rings. The molecule has 0 saturated heterocycles. The highest BCUT2D eigenvalue weighted by Crippen LogP contribution is 2.25. The second kappa shape index (κ2) is 8.82. The molecule has 154 valence electrons. The molecule has 0 aliphatic carbocycles. The average Bonchev–Trinajstić information content (AvgIpc) is 3.44. The molecular weight excluding hydrogens is 400 g/mol. The minimum Gasteiger partial charge on any atom is -0.478 e. The zero-order chi connectivity index (χ0) is 21.6. The van der Waals surface area contributed by atoms with Crippen LogP contribution in [0.5, 0.6) is 0 Å². The van der Waals surface area contributed by atoms with Crippen molar-refractivity contribution in [2.45, 2.75) is 6.54 Å². The lowest BCUT2D eigenvalue weighted by Gasteiger charge is -2.01. The number of tetrazole rings is 1. The summed E-state index contributed by atoms with van der Waals surface area (Å²) in [6.45, 7) is -0.160. The highest BCUT2D eigenvalue weighted by atomic mass is 16.4. The van der Waals surface area contributed by atoms with Gasteiger partial charge in [0.25, 0.3) is 5.91 Å². The molecule has 0 bridgehead atoms. The molecule has 0 aliphatic rings. The maximum atomic E-state index is 12.0. The smallest absolute Gasteiger partial charge is 0.336 e. The number of aromatic carboxylic acids is 1. The third-order valence-corrected chi connectivity index (χ3v) is 4.20. The molecule has 0 radical (unpaired) electrons. The van der Waals surface area contributed by atoms with Gasteiger partial charge in [-0.05, 0) is 23.4 Å². The number of hydrazone groups is 1. The number of hydrogen-bond acceptors (Lipinski definition) is 7. The number of furan rings is 1. The standard InChI is InChI=1S/C21H16N6O4/c28-19(13-27-25-20(24-26-27)14-6-2-1-3-7-14)23-22-12-15-10-11-18(31-15)16-8-4-5-9-17(16)21(29)30/h1-12H,13H2,(H,23,28)(H,29,30). The summed E-state index contributed by atoms with van der Waals surface area (Å²) in [5.74, 6) is -0.351. The number of amides is 1. The van der Waals surface area contributed by atoms with Crippen molar-refractivity contribution in [3.8, 4) is 22.7 Å². The van der Waals surface area contributed by atoms with Gasteiger partial charge >= 0.3 is 5.97 Å². The van der Waals surface area contributed by atoms with Crippen LogP contribution in [-0.4, -0.2) is 43.4 Å². The lowest BCUT2D eigenvalue weighted by Crippen LogP contribution is -2.24. The Hall–Kier alpha value is -4.60. The molecule has 2 heterocycles. The van der Waals surface area contributed by atoms with Crippen LogP contribution in [-0.2, 0) is 11.3 Å². The van der Waals surface area contributed by atoms with E-state index in [0.29, 0.717) is 22.9 Å². The van der Waals surface area contributed by atoms with Crippen molar-refractivity contribution in [3.63, 3.8) is 0 Å². The van der Waals surface area contributed by atoms with Gasteiger partial charge in [-0.2, -0.15) is 9.90 Å². The van der Waals surface area contributed by atoms with Gasteiger partial charge in [0.05, 0.1) is 11.8 Å². The fraction of sp³-hybridized carbons (Fsp3) is 0.0476. The van der Waals surface area contributed by atoms with Crippen LogP contribution < -0.4 is 5.43 Å². The number of benzene rings is 2. The molecule has 0 unspecified atom stereocenters.